The second-order valence-corrected chi connectivity index (χ2v) is 6.62. The van der Waals surface area contributed by atoms with Gasteiger partial charge in [0, 0.05) is 12.8 Å². The minimum absolute atomic E-state index is 0.0514. The van der Waals surface area contributed by atoms with E-state index in [1.165, 1.54) is 0 Å². The average molecular weight is 318 g/mol. The zero-order valence-electron chi connectivity index (χ0n) is 11.2. The van der Waals surface area contributed by atoms with Crippen LogP contribution in [-0.2, 0) is 9.84 Å². The van der Waals surface area contributed by atoms with Gasteiger partial charge >= 0.3 is 12.0 Å². The molecule has 0 bridgehead atoms. The van der Waals surface area contributed by atoms with Crippen molar-refractivity contribution in [2.45, 2.75) is 6.42 Å². The Hall–Kier alpha value is -2.16. The Labute approximate surface area is 121 Å². The molecule has 0 aliphatic rings. The number of carbonyl (C=O) groups excluding carboxylic acids is 1. The summed E-state index contributed by atoms with van der Waals surface area (Å²) in [6, 6.07) is 2.25. The molecule has 0 aromatic heterocycles. The molecule has 0 aliphatic carbocycles. The zero-order chi connectivity index (χ0) is 16.0. The fourth-order valence-electron chi connectivity index (χ4n) is 1.51. The average Bonchev–Trinajstić information content (AvgIpc) is 2.35. The molecule has 3 N–H and O–H groups in total. The van der Waals surface area contributed by atoms with Crippen molar-refractivity contribution in [3.8, 4) is 0 Å². The van der Waals surface area contributed by atoms with E-state index in [4.69, 9.17) is 5.11 Å². The van der Waals surface area contributed by atoms with E-state index in [1.54, 1.807) is 0 Å². The van der Waals surface area contributed by atoms with E-state index in [-0.39, 0.29) is 30.0 Å². The first-order valence-corrected chi connectivity index (χ1v) is 8.00. The Morgan fingerprint density at radius 2 is 2.00 bits per heavy atom. The van der Waals surface area contributed by atoms with Crippen LogP contribution < -0.4 is 10.6 Å². The van der Waals surface area contributed by atoms with Crippen molar-refractivity contribution in [1.29, 1.82) is 0 Å². The second kappa shape index (κ2) is 7.02. The summed E-state index contributed by atoms with van der Waals surface area (Å²) in [5.74, 6) is -2.17. The second-order valence-electron chi connectivity index (χ2n) is 4.36. The third kappa shape index (κ3) is 6.21. The minimum atomic E-state index is -3.09. The van der Waals surface area contributed by atoms with Crippen LogP contribution >= 0.6 is 0 Å². The van der Waals surface area contributed by atoms with E-state index in [2.05, 4.69) is 10.6 Å². The quantitative estimate of drug-likeness (QED) is 0.679. The normalized spacial score (nSPS) is 11.0. The highest BCUT2D eigenvalue weighted by atomic mass is 32.2. The van der Waals surface area contributed by atoms with E-state index in [0.29, 0.717) is 0 Å². The molecule has 0 saturated heterocycles. The first-order chi connectivity index (χ1) is 9.69. The fourth-order valence-corrected chi connectivity index (χ4v) is 2.17. The van der Waals surface area contributed by atoms with Gasteiger partial charge in [-0.25, -0.2) is 22.4 Å². The lowest BCUT2D eigenvalue weighted by molar-refractivity contribution is 0.0697. The SMILES string of the molecule is CS(=O)(=O)CCCNC(=O)Nc1ccc(F)cc1C(=O)O. The summed E-state index contributed by atoms with van der Waals surface area (Å²) in [7, 11) is -3.09. The molecular formula is C12H15FN2O5S. The maximum Gasteiger partial charge on any atom is 0.337 e. The first kappa shape index (κ1) is 16.9. The molecule has 0 fully saturated rings. The molecule has 0 atom stereocenters. The van der Waals surface area contributed by atoms with Crippen molar-refractivity contribution in [1.82, 2.24) is 5.32 Å². The Balaban J connectivity index is 2.57. The number of rotatable bonds is 6. The topological polar surface area (TPSA) is 113 Å². The molecule has 116 valence electrons. The summed E-state index contributed by atoms with van der Waals surface area (Å²) in [4.78, 5) is 22.5. The van der Waals surface area contributed by atoms with Gasteiger partial charge in [0.25, 0.3) is 0 Å². The summed E-state index contributed by atoms with van der Waals surface area (Å²) in [6.45, 7) is 0.114. The van der Waals surface area contributed by atoms with Gasteiger partial charge in [0.15, 0.2) is 0 Å². The maximum atomic E-state index is 13.0. The number of anilines is 1. The van der Waals surface area contributed by atoms with Crippen molar-refractivity contribution in [3.63, 3.8) is 0 Å². The molecule has 1 aromatic carbocycles. The van der Waals surface area contributed by atoms with Crippen molar-refractivity contribution in [2.24, 2.45) is 0 Å². The molecule has 1 aromatic rings. The van der Waals surface area contributed by atoms with Crippen molar-refractivity contribution in [3.05, 3.63) is 29.6 Å². The summed E-state index contributed by atoms with van der Waals surface area (Å²) in [5.41, 5.74) is -0.425. The standard InChI is InChI=1S/C12H15FN2O5S/c1-21(19,20)6-2-5-14-12(18)15-10-4-3-8(13)7-9(10)11(16)17/h3-4,7H,2,5-6H2,1H3,(H,16,17)(H2,14,15,18). The number of hydrogen-bond donors (Lipinski definition) is 3. The van der Waals surface area contributed by atoms with Crippen LogP contribution in [0.2, 0.25) is 0 Å². The Kier molecular flexibility index (Phi) is 5.65. The molecule has 1 rings (SSSR count). The largest absolute Gasteiger partial charge is 0.478 e. The highest BCUT2D eigenvalue weighted by molar-refractivity contribution is 7.90. The Bertz CT molecular complexity index is 645. The van der Waals surface area contributed by atoms with Crippen LogP contribution in [0.5, 0.6) is 0 Å². The van der Waals surface area contributed by atoms with Crippen LogP contribution in [0, 0.1) is 5.82 Å². The minimum Gasteiger partial charge on any atom is -0.478 e. The predicted molar refractivity (Wildman–Crippen MR) is 74.7 cm³/mol. The lowest BCUT2D eigenvalue weighted by atomic mass is 10.2. The van der Waals surface area contributed by atoms with E-state index >= 15 is 0 Å². The van der Waals surface area contributed by atoms with Crippen LogP contribution in [0.15, 0.2) is 18.2 Å². The Morgan fingerprint density at radius 1 is 1.33 bits per heavy atom. The third-order valence-corrected chi connectivity index (χ3v) is 3.47. The van der Waals surface area contributed by atoms with Crippen molar-refractivity contribution in [2.75, 3.05) is 23.9 Å². The highest BCUT2D eigenvalue weighted by Crippen LogP contribution is 2.16. The lowest BCUT2D eigenvalue weighted by Crippen LogP contribution is -2.31. The number of carboxylic acid groups (broad SMARTS) is 1. The van der Waals surface area contributed by atoms with Crippen LogP contribution in [-0.4, -0.2) is 44.1 Å². The van der Waals surface area contributed by atoms with Crippen LogP contribution in [0.25, 0.3) is 0 Å². The summed E-state index contributed by atoms with van der Waals surface area (Å²) >= 11 is 0. The molecule has 21 heavy (non-hydrogen) atoms. The van der Waals surface area contributed by atoms with E-state index < -0.39 is 27.7 Å². The molecule has 9 heteroatoms. The summed E-state index contributed by atoms with van der Waals surface area (Å²) in [6.07, 6.45) is 1.33. The number of benzene rings is 1. The van der Waals surface area contributed by atoms with Crippen molar-refractivity contribution >= 4 is 27.5 Å². The molecule has 0 radical (unpaired) electrons. The summed E-state index contributed by atoms with van der Waals surface area (Å²) in [5, 5.41) is 13.6. The number of urea groups is 1. The highest BCUT2D eigenvalue weighted by Gasteiger charge is 2.13. The zero-order valence-corrected chi connectivity index (χ0v) is 12.0. The number of hydrogen-bond acceptors (Lipinski definition) is 4. The fraction of sp³-hybridized carbons (Fsp3) is 0.333. The van der Waals surface area contributed by atoms with Crippen LogP contribution in [0.1, 0.15) is 16.8 Å². The Morgan fingerprint density at radius 3 is 2.57 bits per heavy atom. The molecule has 0 spiro atoms. The number of carboxylic acids is 1. The number of amides is 2. The van der Waals surface area contributed by atoms with Crippen molar-refractivity contribution < 1.29 is 27.5 Å². The molecule has 0 unspecified atom stereocenters. The van der Waals surface area contributed by atoms with Gasteiger partial charge in [-0.3, -0.25) is 0 Å². The van der Waals surface area contributed by atoms with Gasteiger partial charge in [-0.2, -0.15) is 0 Å². The predicted octanol–water partition coefficient (Wildman–Crippen LogP) is 1.08. The monoisotopic (exact) mass is 318 g/mol. The molecule has 0 saturated carbocycles. The molecule has 0 aliphatic heterocycles. The van der Waals surface area contributed by atoms with Crippen LogP contribution in [0.3, 0.4) is 0 Å². The van der Waals surface area contributed by atoms with E-state index in [1.807, 2.05) is 0 Å². The van der Waals surface area contributed by atoms with E-state index in [0.717, 1.165) is 24.5 Å². The maximum absolute atomic E-state index is 13.0. The number of halogens is 1. The van der Waals surface area contributed by atoms with Gasteiger partial charge in [-0.05, 0) is 24.6 Å². The number of sulfone groups is 1. The number of aromatic carboxylic acids is 1. The molecule has 7 nitrogen and oxygen atoms in total. The van der Waals surface area contributed by atoms with Gasteiger partial charge in [0.1, 0.15) is 15.7 Å². The molecule has 2 amide bonds. The van der Waals surface area contributed by atoms with Gasteiger partial charge in [-0.15, -0.1) is 0 Å². The van der Waals surface area contributed by atoms with Crippen LogP contribution in [0.4, 0.5) is 14.9 Å². The number of nitrogens with one attached hydrogen (secondary N) is 2. The molecule has 0 heterocycles. The third-order valence-electron chi connectivity index (χ3n) is 2.44. The smallest absolute Gasteiger partial charge is 0.337 e. The van der Waals surface area contributed by atoms with Gasteiger partial charge in [0.05, 0.1) is 17.0 Å². The van der Waals surface area contributed by atoms with E-state index in [9.17, 15) is 22.4 Å². The summed E-state index contributed by atoms with van der Waals surface area (Å²) < 4.78 is 34.7. The first-order valence-electron chi connectivity index (χ1n) is 5.94. The number of carbonyl (C=O) groups is 2. The van der Waals surface area contributed by atoms with Gasteiger partial charge in [-0.1, -0.05) is 0 Å². The molecular weight excluding hydrogens is 303 g/mol. The van der Waals surface area contributed by atoms with Gasteiger partial charge in [0.2, 0.25) is 0 Å². The van der Waals surface area contributed by atoms with Gasteiger partial charge < -0.3 is 15.7 Å². The lowest BCUT2D eigenvalue weighted by Gasteiger charge is -2.09.